The number of thioether (sulfide) groups is 1. The van der Waals surface area contributed by atoms with E-state index in [0.29, 0.717) is 11.0 Å². The second-order valence-corrected chi connectivity index (χ2v) is 5.26. The number of halogens is 1. The van der Waals surface area contributed by atoms with Crippen LogP contribution in [0.4, 0.5) is 0 Å². The Kier molecular flexibility index (Phi) is 3.13. The van der Waals surface area contributed by atoms with Crippen molar-refractivity contribution in [2.75, 3.05) is 12.3 Å². The van der Waals surface area contributed by atoms with E-state index < -0.39 is 0 Å². The van der Waals surface area contributed by atoms with E-state index >= 15 is 0 Å². The maximum absolute atomic E-state index is 11.0. The highest BCUT2D eigenvalue weighted by Crippen LogP contribution is 2.30. The second-order valence-electron chi connectivity index (χ2n) is 3.16. The highest BCUT2D eigenvalue weighted by Gasteiger charge is 2.19. The van der Waals surface area contributed by atoms with Gasteiger partial charge in [-0.3, -0.25) is 4.79 Å². The van der Waals surface area contributed by atoms with Crippen molar-refractivity contribution < 1.29 is 4.79 Å². The van der Waals surface area contributed by atoms with Crippen LogP contribution in [0, 0.1) is 0 Å². The molecule has 0 aliphatic carbocycles. The lowest BCUT2D eigenvalue weighted by Crippen LogP contribution is -2.33. The molecule has 74 valence electrons. The SMILES string of the molecule is O=C1CSC(c2ccc(Br)cc2)CN1. The Balaban J connectivity index is 2.08. The standard InChI is InChI=1S/C10H10BrNOS/c11-8-3-1-7(2-4-8)9-5-12-10(13)6-14-9/h1-4,9H,5-6H2,(H,12,13). The van der Waals surface area contributed by atoms with Gasteiger partial charge < -0.3 is 5.32 Å². The molecule has 1 amide bonds. The topological polar surface area (TPSA) is 29.1 Å². The van der Waals surface area contributed by atoms with Gasteiger partial charge >= 0.3 is 0 Å². The molecular weight excluding hydrogens is 262 g/mol. The van der Waals surface area contributed by atoms with Crippen LogP contribution in [0.15, 0.2) is 28.7 Å². The summed E-state index contributed by atoms with van der Waals surface area (Å²) in [5.41, 5.74) is 1.28. The highest BCUT2D eigenvalue weighted by atomic mass is 79.9. The molecule has 1 N–H and O–H groups in total. The van der Waals surface area contributed by atoms with Crippen LogP contribution in [0.3, 0.4) is 0 Å². The smallest absolute Gasteiger partial charge is 0.230 e. The van der Waals surface area contributed by atoms with Gasteiger partial charge in [-0.2, -0.15) is 0 Å². The lowest BCUT2D eigenvalue weighted by Gasteiger charge is -2.22. The Morgan fingerprint density at radius 2 is 2.07 bits per heavy atom. The van der Waals surface area contributed by atoms with Gasteiger partial charge in [0.05, 0.1) is 5.75 Å². The number of hydrogen-bond acceptors (Lipinski definition) is 2. The van der Waals surface area contributed by atoms with Gasteiger partial charge in [0.15, 0.2) is 0 Å². The Bertz CT molecular complexity index is 328. The van der Waals surface area contributed by atoms with Crippen molar-refractivity contribution in [3.05, 3.63) is 34.3 Å². The van der Waals surface area contributed by atoms with Crippen LogP contribution in [0.1, 0.15) is 10.8 Å². The van der Waals surface area contributed by atoms with Crippen LogP contribution in [0.25, 0.3) is 0 Å². The minimum atomic E-state index is 0.142. The van der Waals surface area contributed by atoms with Crippen molar-refractivity contribution in [1.29, 1.82) is 0 Å². The maximum Gasteiger partial charge on any atom is 0.230 e. The first-order valence-corrected chi connectivity index (χ1v) is 6.23. The van der Waals surface area contributed by atoms with E-state index in [1.54, 1.807) is 11.8 Å². The third kappa shape index (κ3) is 2.30. The largest absolute Gasteiger partial charge is 0.354 e. The van der Waals surface area contributed by atoms with Crippen LogP contribution in [-0.4, -0.2) is 18.2 Å². The Hall–Kier alpha value is -0.480. The van der Waals surface area contributed by atoms with E-state index in [2.05, 4.69) is 33.4 Å². The van der Waals surface area contributed by atoms with Gasteiger partial charge in [-0.15, -0.1) is 11.8 Å². The van der Waals surface area contributed by atoms with E-state index in [4.69, 9.17) is 0 Å². The summed E-state index contributed by atoms with van der Waals surface area (Å²) in [4.78, 5) is 11.0. The molecule has 1 atom stereocenters. The average molecular weight is 272 g/mol. The number of carbonyl (C=O) groups is 1. The molecule has 1 aliphatic heterocycles. The first-order chi connectivity index (χ1) is 6.75. The molecule has 2 nitrogen and oxygen atoms in total. The molecule has 1 heterocycles. The summed E-state index contributed by atoms with van der Waals surface area (Å²) in [5.74, 6) is 0.712. The molecule has 4 heteroatoms. The van der Waals surface area contributed by atoms with E-state index in [-0.39, 0.29) is 5.91 Å². The van der Waals surface area contributed by atoms with Crippen LogP contribution in [0.2, 0.25) is 0 Å². The summed E-state index contributed by atoms with van der Waals surface area (Å²) < 4.78 is 1.09. The number of rotatable bonds is 1. The van der Waals surface area contributed by atoms with Gasteiger partial charge in [0.25, 0.3) is 0 Å². The van der Waals surface area contributed by atoms with Crippen molar-refractivity contribution in [2.45, 2.75) is 5.25 Å². The molecule has 14 heavy (non-hydrogen) atoms. The molecule has 0 spiro atoms. The Morgan fingerprint density at radius 3 is 2.64 bits per heavy atom. The zero-order valence-electron chi connectivity index (χ0n) is 7.50. The number of carbonyl (C=O) groups excluding carboxylic acids is 1. The van der Waals surface area contributed by atoms with Gasteiger partial charge in [0.1, 0.15) is 0 Å². The third-order valence-corrected chi connectivity index (χ3v) is 3.94. The van der Waals surface area contributed by atoms with Crippen molar-refractivity contribution in [3.63, 3.8) is 0 Å². The van der Waals surface area contributed by atoms with Crippen LogP contribution in [0.5, 0.6) is 0 Å². The fourth-order valence-corrected chi connectivity index (χ4v) is 2.65. The van der Waals surface area contributed by atoms with Gasteiger partial charge in [-0.1, -0.05) is 28.1 Å². The molecule has 1 saturated heterocycles. The van der Waals surface area contributed by atoms with E-state index in [1.165, 1.54) is 5.56 Å². The molecular formula is C10H10BrNOS. The van der Waals surface area contributed by atoms with E-state index in [1.807, 2.05) is 12.1 Å². The maximum atomic E-state index is 11.0. The first-order valence-electron chi connectivity index (χ1n) is 4.39. The summed E-state index contributed by atoms with van der Waals surface area (Å²) in [6, 6.07) is 8.26. The molecule has 1 aromatic rings. The molecule has 1 fully saturated rings. The summed E-state index contributed by atoms with van der Waals surface area (Å²) in [6.45, 7) is 0.741. The zero-order chi connectivity index (χ0) is 9.97. The van der Waals surface area contributed by atoms with Gasteiger partial charge in [0.2, 0.25) is 5.91 Å². The Morgan fingerprint density at radius 1 is 1.36 bits per heavy atom. The van der Waals surface area contributed by atoms with Crippen LogP contribution in [-0.2, 0) is 4.79 Å². The summed E-state index contributed by atoms with van der Waals surface area (Å²) in [5, 5.41) is 3.28. The monoisotopic (exact) mass is 271 g/mol. The van der Waals surface area contributed by atoms with E-state index in [0.717, 1.165) is 11.0 Å². The normalized spacial score (nSPS) is 21.8. The number of hydrogen-bond donors (Lipinski definition) is 1. The third-order valence-electron chi connectivity index (χ3n) is 2.14. The molecule has 0 bridgehead atoms. The van der Waals surface area contributed by atoms with Gasteiger partial charge in [-0.25, -0.2) is 0 Å². The lowest BCUT2D eigenvalue weighted by atomic mass is 10.1. The van der Waals surface area contributed by atoms with Crippen molar-refractivity contribution in [3.8, 4) is 0 Å². The minimum Gasteiger partial charge on any atom is -0.354 e. The van der Waals surface area contributed by atoms with Crippen molar-refractivity contribution in [2.24, 2.45) is 0 Å². The molecule has 1 unspecified atom stereocenters. The number of amides is 1. The first kappa shape index (κ1) is 10.1. The van der Waals surface area contributed by atoms with Crippen molar-refractivity contribution in [1.82, 2.24) is 5.32 Å². The van der Waals surface area contributed by atoms with Crippen molar-refractivity contribution >= 4 is 33.6 Å². The van der Waals surface area contributed by atoms with E-state index in [9.17, 15) is 4.79 Å². The predicted molar refractivity (Wildman–Crippen MR) is 62.4 cm³/mol. The fourth-order valence-electron chi connectivity index (χ4n) is 1.38. The minimum absolute atomic E-state index is 0.142. The predicted octanol–water partition coefficient (Wildman–Crippen LogP) is 2.35. The molecule has 0 saturated carbocycles. The Labute approximate surface area is 95.6 Å². The second kappa shape index (κ2) is 4.36. The molecule has 1 aliphatic rings. The average Bonchev–Trinajstić information content (AvgIpc) is 2.21. The molecule has 0 aromatic heterocycles. The number of benzene rings is 1. The quantitative estimate of drug-likeness (QED) is 0.850. The zero-order valence-corrected chi connectivity index (χ0v) is 9.90. The molecule has 2 rings (SSSR count). The van der Waals surface area contributed by atoms with Gasteiger partial charge in [0, 0.05) is 16.3 Å². The summed E-state index contributed by atoms with van der Waals surface area (Å²) in [6.07, 6.45) is 0. The highest BCUT2D eigenvalue weighted by molar-refractivity contribution is 9.10. The molecule has 0 radical (unpaired) electrons. The van der Waals surface area contributed by atoms with Crippen LogP contribution < -0.4 is 5.32 Å². The fraction of sp³-hybridized carbons (Fsp3) is 0.300. The lowest BCUT2D eigenvalue weighted by molar-refractivity contribution is -0.118. The van der Waals surface area contributed by atoms with Crippen LogP contribution >= 0.6 is 27.7 Å². The van der Waals surface area contributed by atoms with Gasteiger partial charge in [-0.05, 0) is 17.7 Å². The molecule has 1 aromatic carbocycles. The summed E-state index contributed by atoms with van der Waals surface area (Å²) in [7, 11) is 0. The number of nitrogens with one attached hydrogen (secondary N) is 1. The summed E-state index contributed by atoms with van der Waals surface area (Å²) >= 11 is 5.11.